The predicted octanol–water partition coefficient (Wildman–Crippen LogP) is 4.20. The van der Waals surface area contributed by atoms with Crippen molar-refractivity contribution in [3.05, 3.63) is 88.7 Å². The van der Waals surface area contributed by atoms with Gasteiger partial charge in [0.25, 0.3) is 5.56 Å². The minimum atomic E-state index is -0.299. The van der Waals surface area contributed by atoms with Crippen LogP contribution in [-0.2, 0) is 11.3 Å². The number of aromatic nitrogens is 2. The fourth-order valence-electron chi connectivity index (χ4n) is 3.25. The molecule has 5 heteroatoms. The molecule has 1 amide bonds. The number of hydrogen-bond acceptors (Lipinski definition) is 3. The van der Waals surface area contributed by atoms with Crippen molar-refractivity contribution in [1.29, 1.82) is 0 Å². The molecule has 2 aromatic carbocycles. The Balaban J connectivity index is 1.79. The molecular weight excluding hydrogens is 362 g/mol. The topological polar surface area (TPSA) is 64.0 Å². The van der Waals surface area contributed by atoms with Crippen LogP contribution in [0.3, 0.4) is 0 Å². The van der Waals surface area contributed by atoms with Crippen molar-refractivity contribution in [2.75, 3.05) is 0 Å². The maximum Gasteiger partial charge on any atom is 0.267 e. The normalized spacial score (nSPS) is 12.4. The zero-order valence-electron chi connectivity index (χ0n) is 17.1. The molecule has 1 atom stereocenters. The van der Waals surface area contributed by atoms with Crippen LogP contribution in [0.25, 0.3) is 11.3 Å². The number of nitrogens with zero attached hydrogens (tertiary/aromatic N) is 2. The number of rotatable bonds is 6. The number of amides is 1. The molecule has 3 rings (SSSR count). The zero-order chi connectivity index (χ0) is 20.9. The molecule has 0 saturated heterocycles. The van der Waals surface area contributed by atoms with Gasteiger partial charge in [0, 0.05) is 11.6 Å². The van der Waals surface area contributed by atoms with Crippen LogP contribution in [0.2, 0.25) is 0 Å². The van der Waals surface area contributed by atoms with E-state index in [9.17, 15) is 9.59 Å². The third kappa shape index (κ3) is 5.88. The van der Waals surface area contributed by atoms with Crippen LogP contribution in [0.1, 0.15) is 38.8 Å². The molecule has 3 aromatic rings. The van der Waals surface area contributed by atoms with E-state index in [1.54, 1.807) is 6.07 Å². The Labute approximate surface area is 171 Å². The van der Waals surface area contributed by atoms with Gasteiger partial charge in [-0.15, -0.1) is 0 Å². The van der Waals surface area contributed by atoms with Gasteiger partial charge in [-0.05, 0) is 23.5 Å². The van der Waals surface area contributed by atoms with Crippen molar-refractivity contribution in [3.63, 3.8) is 0 Å². The molecule has 1 N–H and O–H groups in total. The van der Waals surface area contributed by atoms with Gasteiger partial charge >= 0.3 is 0 Å². The summed E-state index contributed by atoms with van der Waals surface area (Å²) in [4.78, 5) is 25.0. The van der Waals surface area contributed by atoms with Gasteiger partial charge in [0.2, 0.25) is 5.91 Å². The smallest absolute Gasteiger partial charge is 0.267 e. The fraction of sp³-hybridized carbons (Fsp3) is 0.292. The molecule has 0 saturated carbocycles. The summed E-state index contributed by atoms with van der Waals surface area (Å²) in [7, 11) is 0. The molecule has 0 radical (unpaired) electrons. The van der Waals surface area contributed by atoms with E-state index < -0.39 is 0 Å². The number of carbonyl (C=O) groups excluding carboxylic acids is 1. The van der Waals surface area contributed by atoms with Crippen LogP contribution in [0, 0.1) is 5.41 Å². The van der Waals surface area contributed by atoms with Gasteiger partial charge in [0.05, 0.1) is 11.7 Å². The monoisotopic (exact) mass is 389 g/mol. The van der Waals surface area contributed by atoms with E-state index >= 15 is 0 Å². The lowest BCUT2D eigenvalue weighted by atomic mass is 9.85. The first-order valence-corrected chi connectivity index (χ1v) is 9.80. The molecule has 1 heterocycles. The van der Waals surface area contributed by atoms with Crippen molar-refractivity contribution in [2.45, 2.75) is 39.8 Å². The van der Waals surface area contributed by atoms with Crippen LogP contribution in [0.4, 0.5) is 0 Å². The van der Waals surface area contributed by atoms with E-state index in [2.05, 4.69) is 31.2 Å². The van der Waals surface area contributed by atoms with Crippen LogP contribution < -0.4 is 10.9 Å². The first-order chi connectivity index (χ1) is 13.8. The molecule has 0 aliphatic carbocycles. The van der Waals surface area contributed by atoms with Crippen molar-refractivity contribution < 1.29 is 4.79 Å². The van der Waals surface area contributed by atoms with E-state index in [4.69, 9.17) is 0 Å². The summed E-state index contributed by atoms with van der Waals surface area (Å²) in [5.41, 5.74) is 2.35. The van der Waals surface area contributed by atoms with Gasteiger partial charge in [0.1, 0.15) is 6.54 Å². The standard InChI is InChI=1S/C24H27N3O2/c1-24(2,3)16-21(19-12-8-5-9-13-19)25-22(28)17-27-23(29)15-14-20(26-27)18-10-6-4-7-11-18/h4-15,21H,16-17H2,1-3H3,(H,25,28). The number of carbonyl (C=O) groups is 1. The quantitative estimate of drug-likeness (QED) is 0.687. The fourth-order valence-corrected chi connectivity index (χ4v) is 3.25. The highest BCUT2D eigenvalue weighted by Crippen LogP contribution is 2.29. The Hall–Kier alpha value is -3.21. The molecule has 0 bridgehead atoms. The van der Waals surface area contributed by atoms with Gasteiger partial charge in [-0.1, -0.05) is 81.4 Å². The average Bonchev–Trinajstić information content (AvgIpc) is 2.69. The third-order valence-electron chi connectivity index (χ3n) is 4.58. The summed E-state index contributed by atoms with van der Waals surface area (Å²) in [6.45, 7) is 6.31. The second-order valence-electron chi connectivity index (χ2n) is 8.38. The van der Waals surface area contributed by atoms with Crippen molar-refractivity contribution in [1.82, 2.24) is 15.1 Å². The second-order valence-corrected chi connectivity index (χ2v) is 8.38. The molecule has 1 aromatic heterocycles. The van der Waals surface area contributed by atoms with Crippen LogP contribution in [0.15, 0.2) is 77.6 Å². The summed E-state index contributed by atoms with van der Waals surface area (Å²) >= 11 is 0. The number of nitrogens with one attached hydrogen (secondary N) is 1. The van der Waals surface area contributed by atoms with E-state index in [1.807, 2.05) is 60.7 Å². The molecule has 0 spiro atoms. The number of hydrogen-bond donors (Lipinski definition) is 1. The van der Waals surface area contributed by atoms with Crippen LogP contribution >= 0.6 is 0 Å². The lowest BCUT2D eigenvalue weighted by Gasteiger charge is -2.27. The Morgan fingerprint density at radius 2 is 1.59 bits per heavy atom. The minimum Gasteiger partial charge on any atom is -0.348 e. The highest BCUT2D eigenvalue weighted by molar-refractivity contribution is 5.76. The highest BCUT2D eigenvalue weighted by atomic mass is 16.2. The molecule has 29 heavy (non-hydrogen) atoms. The van der Waals surface area contributed by atoms with Gasteiger partial charge in [0.15, 0.2) is 0 Å². The minimum absolute atomic E-state index is 0.0378. The van der Waals surface area contributed by atoms with E-state index in [0.29, 0.717) is 5.69 Å². The molecule has 0 aliphatic heterocycles. The lowest BCUT2D eigenvalue weighted by molar-refractivity contribution is -0.122. The SMILES string of the molecule is CC(C)(C)CC(NC(=O)Cn1nc(-c2ccccc2)ccc1=O)c1ccccc1. The Morgan fingerprint density at radius 1 is 0.966 bits per heavy atom. The second kappa shape index (κ2) is 8.86. The Kier molecular flexibility index (Phi) is 6.27. The maximum atomic E-state index is 12.8. The van der Waals surface area contributed by atoms with Crippen molar-refractivity contribution in [2.24, 2.45) is 5.41 Å². The molecule has 150 valence electrons. The van der Waals surface area contributed by atoms with E-state index in [-0.39, 0.29) is 29.5 Å². The van der Waals surface area contributed by atoms with Gasteiger partial charge in [-0.2, -0.15) is 5.10 Å². The summed E-state index contributed by atoms with van der Waals surface area (Å²) in [6, 6.07) is 22.5. The Bertz CT molecular complexity index is 1010. The third-order valence-corrected chi connectivity index (χ3v) is 4.58. The van der Waals surface area contributed by atoms with Gasteiger partial charge in [-0.25, -0.2) is 4.68 Å². The number of benzene rings is 2. The highest BCUT2D eigenvalue weighted by Gasteiger charge is 2.22. The lowest BCUT2D eigenvalue weighted by Crippen LogP contribution is -2.36. The van der Waals surface area contributed by atoms with E-state index in [1.165, 1.54) is 10.7 Å². The predicted molar refractivity (Wildman–Crippen MR) is 115 cm³/mol. The van der Waals surface area contributed by atoms with Crippen molar-refractivity contribution >= 4 is 5.91 Å². The average molecular weight is 389 g/mol. The molecule has 0 fully saturated rings. The first kappa shape index (κ1) is 20.5. The van der Waals surface area contributed by atoms with Crippen LogP contribution in [0.5, 0.6) is 0 Å². The largest absolute Gasteiger partial charge is 0.348 e. The summed E-state index contributed by atoms with van der Waals surface area (Å²) in [5.74, 6) is -0.233. The Morgan fingerprint density at radius 3 is 2.21 bits per heavy atom. The van der Waals surface area contributed by atoms with Crippen molar-refractivity contribution in [3.8, 4) is 11.3 Å². The van der Waals surface area contributed by atoms with E-state index in [0.717, 1.165) is 17.5 Å². The molecule has 5 nitrogen and oxygen atoms in total. The summed E-state index contributed by atoms with van der Waals surface area (Å²) < 4.78 is 1.22. The van der Waals surface area contributed by atoms with Crippen LogP contribution in [-0.4, -0.2) is 15.7 Å². The molecule has 1 unspecified atom stereocenters. The van der Waals surface area contributed by atoms with Gasteiger partial charge < -0.3 is 5.32 Å². The summed E-state index contributed by atoms with van der Waals surface area (Å²) in [5, 5.41) is 7.47. The molecule has 0 aliphatic rings. The zero-order valence-corrected chi connectivity index (χ0v) is 17.1. The summed E-state index contributed by atoms with van der Waals surface area (Å²) in [6.07, 6.45) is 0.787. The maximum absolute atomic E-state index is 12.8. The molecular formula is C24H27N3O2. The van der Waals surface area contributed by atoms with Gasteiger partial charge in [-0.3, -0.25) is 9.59 Å². The first-order valence-electron chi connectivity index (χ1n) is 9.80.